The summed E-state index contributed by atoms with van der Waals surface area (Å²) in [6, 6.07) is 8.42. The van der Waals surface area contributed by atoms with Crippen molar-refractivity contribution in [3.63, 3.8) is 0 Å². The van der Waals surface area contributed by atoms with Gasteiger partial charge in [-0.2, -0.15) is 0 Å². The van der Waals surface area contributed by atoms with Crippen LogP contribution in [-0.4, -0.2) is 22.3 Å². The Morgan fingerprint density at radius 2 is 2.25 bits per heavy atom. The summed E-state index contributed by atoms with van der Waals surface area (Å²) in [4.78, 5) is 19.1. The summed E-state index contributed by atoms with van der Waals surface area (Å²) in [5.74, 6) is 0.288. The highest BCUT2D eigenvalue weighted by molar-refractivity contribution is 7.18. The van der Waals surface area contributed by atoms with Gasteiger partial charge in [0.15, 0.2) is 0 Å². The van der Waals surface area contributed by atoms with Gasteiger partial charge in [0.2, 0.25) is 5.91 Å². The fourth-order valence-electron chi connectivity index (χ4n) is 2.88. The third-order valence-electron chi connectivity index (χ3n) is 3.88. The molecule has 0 aliphatic carbocycles. The fourth-order valence-corrected chi connectivity index (χ4v) is 3.99. The first-order valence-electron chi connectivity index (χ1n) is 7.44. The molecular formula is C16H20N2OS. The quantitative estimate of drug-likeness (QED) is 0.850. The molecule has 1 aliphatic rings. The number of nitrogens with zero attached hydrogens (tertiary/aromatic N) is 2. The Labute approximate surface area is 123 Å². The average molecular weight is 288 g/mol. The van der Waals surface area contributed by atoms with Gasteiger partial charge in [-0.05, 0) is 37.8 Å². The Bertz CT molecular complexity index is 574. The van der Waals surface area contributed by atoms with E-state index in [1.165, 1.54) is 11.1 Å². The number of carbonyl (C=O) groups is 1. The molecule has 0 saturated carbocycles. The summed E-state index contributed by atoms with van der Waals surface area (Å²) < 4.78 is 1.22. The molecule has 2 aromatic rings. The molecule has 1 atom stereocenters. The van der Waals surface area contributed by atoms with Crippen LogP contribution in [0.25, 0.3) is 10.2 Å². The molecule has 1 aliphatic heterocycles. The molecule has 2 heterocycles. The lowest BCUT2D eigenvalue weighted by Crippen LogP contribution is -2.38. The highest BCUT2D eigenvalue weighted by Gasteiger charge is 2.29. The monoisotopic (exact) mass is 288 g/mol. The minimum atomic E-state index is 0.195. The molecule has 1 fully saturated rings. The summed E-state index contributed by atoms with van der Waals surface area (Å²) in [5.41, 5.74) is 1.06. The van der Waals surface area contributed by atoms with Crippen molar-refractivity contribution in [2.24, 2.45) is 0 Å². The van der Waals surface area contributed by atoms with E-state index >= 15 is 0 Å². The lowest BCUT2D eigenvalue weighted by atomic mass is 10.0. The van der Waals surface area contributed by atoms with Gasteiger partial charge in [0.05, 0.1) is 16.3 Å². The molecule has 1 unspecified atom stereocenters. The molecule has 106 valence electrons. The molecule has 1 saturated heterocycles. The molecule has 3 nitrogen and oxygen atoms in total. The Morgan fingerprint density at radius 1 is 1.40 bits per heavy atom. The van der Waals surface area contributed by atoms with Gasteiger partial charge >= 0.3 is 0 Å². The van der Waals surface area contributed by atoms with Crippen molar-refractivity contribution in [1.82, 2.24) is 9.88 Å². The number of aromatic nitrogens is 1. The lowest BCUT2D eigenvalue weighted by molar-refractivity contribution is -0.135. The number of hydrogen-bond acceptors (Lipinski definition) is 3. The summed E-state index contributed by atoms with van der Waals surface area (Å²) >= 11 is 1.74. The number of amides is 1. The molecule has 0 spiro atoms. The third kappa shape index (κ3) is 2.57. The standard InChI is InChI=1S/C16H20N2OS/c1-2-7-15(19)18-11-6-5-9-13(18)16-17-12-8-3-4-10-14(12)20-16/h3-4,8,10,13H,2,5-7,9,11H2,1H3. The number of para-hydroxylation sites is 1. The van der Waals surface area contributed by atoms with Gasteiger partial charge in [-0.15, -0.1) is 11.3 Å². The summed E-state index contributed by atoms with van der Waals surface area (Å²) in [6.45, 7) is 2.95. The Kier molecular flexibility index (Phi) is 4.01. The number of rotatable bonds is 3. The average Bonchev–Trinajstić information content (AvgIpc) is 2.91. The molecule has 0 N–H and O–H groups in total. The molecule has 0 bridgehead atoms. The van der Waals surface area contributed by atoms with E-state index < -0.39 is 0 Å². The largest absolute Gasteiger partial charge is 0.333 e. The van der Waals surface area contributed by atoms with Crippen LogP contribution in [0.3, 0.4) is 0 Å². The maximum absolute atomic E-state index is 12.3. The van der Waals surface area contributed by atoms with Crippen LogP contribution in [-0.2, 0) is 4.79 Å². The lowest BCUT2D eigenvalue weighted by Gasteiger charge is -2.34. The number of fused-ring (bicyclic) bond motifs is 1. The van der Waals surface area contributed by atoms with Crippen molar-refractivity contribution in [2.45, 2.75) is 45.1 Å². The Balaban J connectivity index is 1.90. The molecule has 1 aromatic heterocycles. The first-order valence-corrected chi connectivity index (χ1v) is 8.26. The van der Waals surface area contributed by atoms with Gasteiger partial charge in [-0.3, -0.25) is 4.79 Å². The van der Waals surface area contributed by atoms with E-state index in [4.69, 9.17) is 4.98 Å². The molecule has 1 amide bonds. The number of carbonyl (C=O) groups excluding carboxylic acids is 1. The van der Waals surface area contributed by atoms with E-state index in [2.05, 4.69) is 24.0 Å². The van der Waals surface area contributed by atoms with Gasteiger partial charge in [-0.1, -0.05) is 19.1 Å². The van der Waals surface area contributed by atoms with Crippen LogP contribution < -0.4 is 0 Å². The Hall–Kier alpha value is -1.42. The number of piperidine rings is 1. The Morgan fingerprint density at radius 3 is 3.05 bits per heavy atom. The van der Waals surface area contributed by atoms with Crippen molar-refractivity contribution in [1.29, 1.82) is 0 Å². The minimum absolute atomic E-state index is 0.195. The van der Waals surface area contributed by atoms with E-state index in [1.807, 2.05) is 12.1 Å². The molecular weight excluding hydrogens is 268 g/mol. The van der Waals surface area contributed by atoms with Crippen molar-refractivity contribution in [2.75, 3.05) is 6.54 Å². The summed E-state index contributed by atoms with van der Waals surface area (Å²) in [5, 5.41) is 1.11. The van der Waals surface area contributed by atoms with E-state index in [9.17, 15) is 4.79 Å². The predicted molar refractivity (Wildman–Crippen MR) is 82.8 cm³/mol. The first kappa shape index (κ1) is 13.6. The van der Waals surface area contributed by atoms with Gasteiger partial charge in [0, 0.05) is 13.0 Å². The van der Waals surface area contributed by atoms with Crippen molar-refractivity contribution in [3.8, 4) is 0 Å². The predicted octanol–water partition coefficient (Wildman–Crippen LogP) is 4.15. The van der Waals surface area contributed by atoms with Crippen LogP contribution in [0.1, 0.15) is 50.1 Å². The number of thiazole rings is 1. The van der Waals surface area contributed by atoms with Crippen LogP contribution in [0.15, 0.2) is 24.3 Å². The zero-order chi connectivity index (χ0) is 13.9. The van der Waals surface area contributed by atoms with Crippen LogP contribution >= 0.6 is 11.3 Å². The van der Waals surface area contributed by atoms with Crippen LogP contribution in [0, 0.1) is 0 Å². The van der Waals surface area contributed by atoms with Crippen molar-refractivity contribution < 1.29 is 4.79 Å². The van der Waals surface area contributed by atoms with E-state index in [0.29, 0.717) is 6.42 Å². The van der Waals surface area contributed by atoms with Gasteiger partial charge in [0.25, 0.3) is 0 Å². The number of hydrogen-bond donors (Lipinski definition) is 0. The van der Waals surface area contributed by atoms with Gasteiger partial charge in [0.1, 0.15) is 5.01 Å². The second-order valence-corrected chi connectivity index (χ2v) is 6.43. The normalized spacial score (nSPS) is 19.4. The summed E-state index contributed by atoms with van der Waals surface area (Å²) in [6.07, 6.45) is 4.94. The highest BCUT2D eigenvalue weighted by Crippen LogP contribution is 2.35. The zero-order valence-corrected chi connectivity index (χ0v) is 12.7. The molecule has 1 aromatic carbocycles. The molecule has 3 rings (SSSR count). The molecule has 4 heteroatoms. The van der Waals surface area contributed by atoms with E-state index in [0.717, 1.165) is 36.3 Å². The maximum Gasteiger partial charge on any atom is 0.223 e. The second-order valence-electron chi connectivity index (χ2n) is 5.37. The van der Waals surface area contributed by atoms with Gasteiger partial charge in [-0.25, -0.2) is 4.98 Å². The van der Waals surface area contributed by atoms with Crippen LogP contribution in [0.2, 0.25) is 0 Å². The van der Waals surface area contributed by atoms with Crippen LogP contribution in [0.5, 0.6) is 0 Å². The SMILES string of the molecule is CCCC(=O)N1CCCCC1c1nc2ccccc2s1. The van der Waals surface area contributed by atoms with Crippen molar-refractivity contribution in [3.05, 3.63) is 29.3 Å². The minimum Gasteiger partial charge on any atom is -0.333 e. The highest BCUT2D eigenvalue weighted by atomic mass is 32.1. The van der Waals surface area contributed by atoms with Crippen molar-refractivity contribution >= 4 is 27.5 Å². The molecule has 20 heavy (non-hydrogen) atoms. The molecule has 0 radical (unpaired) electrons. The number of benzene rings is 1. The summed E-state index contributed by atoms with van der Waals surface area (Å²) in [7, 11) is 0. The fraction of sp³-hybridized carbons (Fsp3) is 0.500. The topological polar surface area (TPSA) is 33.2 Å². The third-order valence-corrected chi connectivity index (χ3v) is 5.02. The second kappa shape index (κ2) is 5.92. The first-order chi connectivity index (χ1) is 9.79. The van der Waals surface area contributed by atoms with E-state index in [1.54, 1.807) is 11.3 Å². The van der Waals surface area contributed by atoms with E-state index in [-0.39, 0.29) is 11.9 Å². The maximum atomic E-state index is 12.3. The van der Waals surface area contributed by atoms with Gasteiger partial charge < -0.3 is 4.90 Å². The number of likely N-dealkylation sites (tertiary alicyclic amines) is 1. The zero-order valence-electron chi connectivity index (χ0n) is 11.8. The van der Waals surface area contributed by atoms with Crippen LogP contribution in [0.4, 0.5) is 0 Å². The smallest absolute Gasteiger partial charge is 0.223 e.